The Balaban J connectivity index is 0.000000469. The van der Waals surface area contributed by atoms with Crippen LogP contribution in [-0.4, -0.2) is 42.5 Å². The van der Waals surface area contributed by atoms with Gasteiger partial charge in [-0.3, -0.25) is 0 Å². The summed E-state index contributed by atoms with van der Waals surface area (Å²) >= 11 is 6.01. The summed E-state index contributed by atoms with van der Waals surface area (Å²) in [4.78, 5) is 6.63. The van der Waals surface area contributed by atoms with E-state index in [1.807, 2.05) is 17.9 Å². The van der Waals surface area contributed by atoms with Crippen molar-refractivity contribution in [3.63, 3.8) is 0 Å². The van der Waals surface area contributed by atoms with Crippen molar-refractivity contribution in [1.29, 1.82) is 0 Å². The molecule has 0 aliphatic carbocycles. The van der Waals surface area contributed by atoms with Crippen molar-refractivity contribution in [3.8, 4) is 0 Å². The molecule has 2 atom stereocenters. The van der Waals surface area contributed by atoms with E-state index in [1.54, 1.807) is 0 Å². The minimum absolute atomic E-state index is 0.0243. The van der Waals surface area contributed by atoms with Crippen LogP contribution in [0.5, 0.6) is 0 Å². The fourth-order valence-electron chi connectivity index (χ4n) is 4.06. The van der Waals surface area contributed by atoms with Crippen molar-refractivity contribution in [2.45, 2.75) is 52.6 Å². The summed E-state index contributed by atoms with van der Waals surface area (Å²) in [7, 11) is 0. The molecule has 2 fully saturated rings. The van der Waals surface area contributed by atoms with Gasteiger partial charge in [-0.25, -0.2) is 13.8 Å². The standard InChI is InChI=1S/C21H25ClF2N4.C5H11N/c1-5-17(18-11-21(4,6-2)27-18)26-20-13(3)25-9-10-28(20)12-14-15(23)7-8-16(24)19(14)22;1-5-2-3-6-4-5/h5,7-8,11,25,27H,3,6,9-10,12H2,1-2,4H3;5-6H,2-4H2,1H3/b17-5-,26-20?;. The first kappa shape index (κ1) is 26.2. The molecule has 0 radical (unpaired) electrons. The first-order chi connectivity index (χ1) is 16.2. The minimum atomic E-state index is -0.637. The number of halogens is 3. The largest absolute Gasteiger partial charge is 0.381 e. The van der Waals surface area contributed by atoms with E-state index in [1.165, 1.54) is 19.5 Å². The molecular formula is C26H36ClF2N5. The molecule has 5 nitrogen and oxygen atoms in total. The van der Waals surface area contributed by atoms with E-state index in [-0.39, 0.29) is 22.7 Å². The highest BCUT2D eigenvalue weighted by atomic mass is 35.5. The minimum Gasteiger partial charge on any atom is -0.381 e. The van der Waals surface area contributed by atoms with E-state index in [9.17, 15) is 8.78 Å². The monoisotopic (exact) mass is 491 g/mol. The van der Waals surface area contributed by atoms with Gasteiger partial charge >= 0.3 is 0 Å². The predicted molar refractivity (Wildman–Crippen MR) is 137 cm³/mol. The van der Waals surface area contributed by atoms with E-state index in [4.69, 9.17) is 16.6 Å². The summed E-state index contributed by atoms with van der Waals surface area (Å²) in [5.74, 6) is 0.349. The van der Waals surface area contributed by atoms with E-state index in [2.05, 4.69) is 49.4 Å². The lowest BCUT2D eigenvalue weighted by molar-refractivity contribution is 0.380. The average molecular weight is 492 g/mol. The average Bonchev–Trinajstić information content (AvgIpc) is 3.28. The quantitative estimate of drug-likeness (QED) is 0.501. The van der Waals surface area contributed by atoms with E-state index < -0.39 is 11.6 Å². The molecule has 2 unspecified atom stereocenters. The van der Waals surface area contributed by atoms with E-state index in [0.29, 0.717) is 24.6 Å². The molecule has 3 aliphatic rings. The van der Waals surface area contributed by atoms with Crippen LogP contribution in [-0.2, 0) is 6.54 Å². The van der Waals surface area contributed by atoms with E-state index >= 15 is 0 Å². The highest BCUT2D eigenvalue weighted by Gasteiger charge is 2.31. The van der Waals surface area contributed by atoms with Crippen LogP contribution in [0.15, 0.2) is 52.9 Å². The van der Waals surface area contributed by atoms with Gasteiger partial charge in [0.1, 0.15) is 11.6 Å². The Kier molecular flexibility index (Phi) is 8.77. The van der Waals surface area contributed by atoms with Gasteiger partial charge in [0.05, 0.1) is 27.7 Å². The second-order valence-electron chi connectivity index (χ2n) is 9.31. The number of aliphatic imine (C=N–C) groups is 1. The van der Waals surface area contributed by atoms with Crippen LogP contribution < -0.4 is 16.0 Å². The van der Waals surface area contributed by atoms with Crippen molar-refractivity contribution in [2.75, 3.05) is 26.2 Å². The lowest BCUT2D eigenvalue weighted by atomic mass is 9.89. The van der Waals surface area contributed by atoms with Gasteiger partial charge in [0.25, 0.3) is 0 Å². The lowest BCUT2D eigenvalue weighted by Gasteiger charge is -2.39. The zero-order chi connectivity index (χ0) is 24.9. The number of piperazine rings is 1. The molecule has 0 spiro atoms. The van der Waals surface area contributed by atoms with Crippen molar-refractivity contribution < 1.29 is 8.78 Å². The fourth-order valence-corrected chi connectivity index (χ4v) is 4.27. The maximum Gasteiger partial charge on any atom is 0.152 e. The number of rotatable bonds is 5. The Morgan fingerprint density at radius 2 is 2.03 bits per heavy atom. The first-order valence-electron chi connectivity index (χ1n) is 11.9. The number of amidine groups is 1. The van der Waals surface area contributed by atoms with E-state index in [0.717, 1.165) is 35.9 Å². The van der Waals surface area contributed by atoms with Crippen LogP contribution in [0.3, 0.4) is 0 Å². The maximum absolute atomic E-state index is 14.3. The third-order valence-corrected chi connectivity index (χ3v) is 6.89. The normalized spacial score (nSPS) is 25.7. The van der Waals surface area contributed by atoms with Gasteiger partial charge in [-0.15, -0.1) is 0 Å². The van der Waals surface area contributed by atoms with Gasteiger partial charge in [0.15, 0.2) is 5.84 Å². The molecule has 34 heavy (non-hydrogen) atoms. The van der Waals surface area contributed by atoms with Gasteiger partial charge in [-0.05, 0) is 63.9 Å². The fraction of sp³-hybridized carbons (Fsp3) is 0.500. The molecule has 2 saturated heterocycles. The molecule has 0 aromatic heterocycles. The summed E-state index contributed by atoms with van der Waals surface area (Å²) in [5, 5.41) is 9.70. The maximum atomic E-state index is 14.3. The molecule has 1 aromatic carbocycles. The van der Waals surface area contributed by atoms with Gasteiger partial charge in [0.2, 0.25) is 0 Å². The summed E-state index contributed by atoms with van der Waals surface area (Å²) in [6.07, 6.45) is 6.41. The molecule has 3 N–H and O–H groups in total. The highest BCUT2D eigenvalue weighted by molar-refractivity contribution is 6.31. The third kappa shape index (κ3) is 6.19. The first-order valence-corrected chi connectivity index (χ1v) is 12.3. The smallest absolute Gasteiger partial charge is 0.152 e. The molecule has 8 heteroatoms. The number of benzene rings is 1. The lowest BCUT2D eigenvalue weighted by Crippen LogP contribution is -2.49. The number of hydrogen-bond donors (Lipinski definition) is 3. The molecule has 0 saturated carbocycles. The van der Waals surface area contributed by atoms with Crippen molar-refractivity contribution in [3.05, 3.63) is 70.2 Å². The van der Waals surface area contributed by atoms with Gasteiger partial charge in [-0.1, -0.05) is 38.1 Å². The summed E-state index contributed by atoms with van der Waals surface area (Å²) in [5.41, 5.74) is 2.46. The molecule has 4 rings (SSSR count). The highest BCUT2D eigenvalue weighted by Crippen LogP contribution is 2.30. The molecular weight excluding hydrogens is 456 g/mol. The van der Waals surface area contributed by atoms with Crippen LogP contribution in [0.2, 0.25) is 5.02 Å². The van der Waals surface area contributed by atoms with Crippen LogP contribution in [0.1, 0.15) is 46.1 Å². The Bertz CT molecular complexity index is 997. The Labute approximate surface area is 207 Å². The van der Waals surface area contributed by atoms with Crippen LogP contribution >= 0.6 is 11.6 Å². The Morgan fingerprint density at radius 1 is 1.32 bits per heavy atom. The van der Waals surface area contributed by atoms with Crippen molar-refractivity contribution in [2.24, 2.45) is 10.9 Å². The number of nitrogens with one attached hydrogen (secondary N) is 3. The molecule has 186 valence electrons. The predicted octanol–water partition coefficient (Wildman–Crippen LogP) is 5.11. The SMILES string of the molecule is C=C1NCCN(Cc2c(F)ccc(F)c2Cl)C1=N/C(=C\C)C1=CC(C)(CC)N1.CC1CCNC1. The zero-order valence-electron chi connectivity index (χ0n) is 20.6. The van der Waals surface area contributed by atoms with Gasteiger partial charge < -0.3 is 20.9 Å². The Morgan fingerprint density at radius 3 is 2.59 bits per heavy atom. The second kappa shape index (κ2) is 11.4. The number of nitrogens with zero attached hydrogens (tertiary/aromatic N) is 2. The van der Waals surface area contributed by atoms with Gasteiger partial charge in [0, 0.05) is 25.2 Å². The van der Waals surface area contributed by atoms with Gasteiger partial charge in [-0.2, -0.15) is 0 Å². The molecule has 1 aromatic rings. The second-order valence-corrected chi connectivity index (χ2v) is 9.69. The van der Waals surface area contributed by atoms with Crippen molar-refractivity contribution >= 4 is 17.4 Å². The van der Waals surface area contributed by atoms with Crippen LogP contribution in [0, 0.1) is 17.6 Å². The van der Waals surface area contributed by atoms with Crippen LogP contribution in [0.4, 0.5) is 8.78 Å². The molecule has 3 heterocycles. The summed E-state index contributed by atoms with van der Waals surface area (Å²) in [6, 6.07) is 2.13. The number of allylic oxidation sites excluding steroid dienone is 1. The molecule has 0 bridgehead atoms. The zero-order valence-corrected chi connectivity index (χ0v) is 21.3. The van der Waals surface area contributed by atoms with Crippen LogP contribution in [0.25, 0.3) is 0 Å². The Hall–Kier alpha value is -2.38. The van der Waals surface area contributed by atoms with Crippen molar-refractivity contribution in [1.82, 2.24) is 20.9 Å². The molecule has 3 aliphatic heterocycles. The number of hydrogen-bond acceptors (Lipinski definition) is 4. The molecule has 0 amide bonds. The third-order valence-electron chi connectivity index (χ3n) is 6.48. The topological polar surface area (TPSA) is 51.7 Å². The summed E-state index contributed by atoms with van der Waals surface area (Å²) in [6.45, 7) is 16.3. The summed E-state index contributed by atoms with van der Waals surface area (Å²) < 4.78 is 28.1.